The first kappa shape index (κ1) is 39.4. The molecule has 0 saturated carbocycles. The zero-order valence-corrected chi connectivity index (χ0v) is 29.2. The molecule has 2 aromatic carbocycles. The molecule has 8 nitrogen and oxygen atoms in total. The summed E-state index contributed by atoms with van der Waals surface area (Å²) in [6.07, 6.45) is 1.54. The van der Waals surface area contributed by atoms with Crippen LogP contribution < -0.4 is 20.4 Å². The van der Waals surface area contributed by atoms with Crippen LogP contribution in [0.15, 0.2) is 60.7 Å². The zero-order chi connectivity index (χ0) is 24.8. The molecule has 0 heterocycles. The van der Waals surface area contributed by atoms with Crippen LogP contribution in [0.2, 0.25) is 0 Å². The van der Waals surface area contributed by atoms with Gasteiger partial charge in [0.05, 0.1) is 0 Å². The predicted molar refractivity (Wildman–Crippen MR) is 110 cm³/mol. The second kappa shape index (κ2) is 27.4. The maximum atomic E-state index is 10.1. The summed E-state index contributed by atoms with van der Waals surface area (Å²) in [5, 5.41) is 38.6. The normalized spacial score (nSPS) is 8.29. The van der Waals surface area contributed by atoms with E-state index in [1.54, 1.807) is 0 Å². The summed E-state index contributed by atoms with van der Waals surface area (Å²) in [6.45, 7) is 3.07. The Morgan fingerprint density at radius 3 is 0.971 bits per heavy atom. The third kappa shape index (κ3) is 32.4. The largest absolute Gasteiger partial charge is 2.00 e. The van der Waals surface area contributed by atoms with E-state index in [1.165, 1.54) is 13.8 Å². The minimum absolute atomic E-state index is 0. The van der Waals surface area contributed by atoms with Gasteiger partial charge in [-0.2, -0.15) is 0 Å². The fraction of sp³-hybridized carbons (Fsp3) is 0.333. The molecular formula is C24H28CdHgO8. The molecule has 0 fully saturated rings. The number of hydrogen-bond acceptors (Lipinski definition) is 8. The topological polar surface area (TPSA) is 161 Å². The fourth-order valence-electron chi connectivity index (χ4n) is 1.78. The van der Waals surface area contributed by atoms with E-state index in [9.17, 15) is 39.6 Å². The van der Waals surface area contributed by atoms with Crippen molar-refractivity contribution in [1.82, 2.24) is 0 Å². The standard InChI is InChI=1S/2C9H10O2.2C3H6O2.Cd.Hg/c2*10-9(11)7-6-8-4-2-1-3-5-8;2*1-2-3(4)5;;/h2*1-5H,6-7H2,(H,10,11);2*2H2,1H3,(H,4,5);;/q;;;;2*+2/p-4. The van der Waals surface area contributed by atoms with Crippen LogP contribution in [0.1, 0.15) is 50.7 Å². The van der Waals surface area contributed by atoms with Gasteiger partial charge in [-0.05, 0) is 49.7 Å². The molecule has 0 atom stereocenters. The Hall–Kier alpha value is -1.82. The molecule has 10 heteroatoms. The molecule has 0 aliphatic rings. The molecule has 0 amide bonds. The van der Waals surface area contributed by atoms with E-state index in [0.717, 1.165) is 11.1 Å². The minimum atomic E-state index is -0.995. The molecule has 0 unspecified atom stereocenters. The average molecular weight is 757 g/mol. The van der Waals surface area contributed by atoms with Gasteiger partial charge in [-0.3, -0.25) is 0 Å². The van der Waals surface area contributed by atoms with Crippen LogP contribution >= 0.6 is 0 Å². The number of carboxylic acid groups (broad SMARTS) is 4. The first-order chi connectivity index (χ1) is 15.1. The van der Waals surface area contributed by atoms with Gasteiger partial charge in [-0.15, -0.1) is 0 Å². The quantitative estimate of drug-likeness (QED) is 0.311. The van der Waals surface area contributed by atoms with Crippen molar-refractivity contribution in [3.05, 3.63) is 71.8 Å². The number of aryl methyl sites for hydroxylation is 2. The van der Waals surface area contributed by atoms with Crippen molar-refractivity contribution in [3.63, 3.8) is 0 Å². The van der Waals surface area contributed by atoms with Crippen molar-refractivity contribution in [2.45, 2.75) is 52.4 Å². The minimum Gasteiger partial charge on any atom is -0.550 e. The molecule has 0 aliphatic heterocycles. The van der Waals surface area contributed by atoms with E-state index < -0.39 is 23.9 Å². The Labute approximate surface area is 241 Å². The molecule has 2 rings (SSSR count). The molecule has 0 spiro atoms. The van der Waals surface area contributed by atoms with Crippen LogP contribution in [-0.4, -0.2) is 23.9 Å². The maximum Gasteiger partial charge on any atom is 2.00 e. The Balaban J connectivity index is -0.000000185. The molecule has 0 bridgehead atoms. The molecule has 0 aromatic heterocycles. The van der Waals surface area contributed by atoms with Crippen molar-refractivity contribution >= 4 is 23.9 Å². The van der Waals surface area contributed by atoms with Crippen LogP contribution in [-0.2, 0) is 87.0 Å². The summed E-state index contributed by atoms with van der Waals surface area (Å²) in [6, 6.07) is 19.0. The number of aliphatic carboxylic acids is 4. The first-order valence-corrected chi connectivity index (χ1v) is 9.99. The SMILES string of the molecule is CCC(=O)[O-].CCC(=O)[O-].O=C([O-])CCc1ccccc1.O=C([O-])CCc1ccccc1.[Cd+2].[Hg+2]. The first-order valence-electron chi connectivity index (χ1n) is 9.99. The second-order valence-corrected chi connectivity index (χ2v) is 6.17. The van der Waals surface area contributed by atoms with Gasteiger partial charge in [-0.25, -0.2) is 0 Å². The summed E-state index contributed by atoms with van der Waals surface area (Å²) in [5.41, 5.74) is 2.08. The van der Waals surface area contributed by atoms with Gasteiger partial charge in [0.15, 0.2) is 0 Å². The van der Waals surface area contributed by atoms with Crippen molar-refractivity contribution in [2.24, 2.45) is 0 Å². The number of benzene rings is 2. The third-order valence-corrected chi connectivity index (χ3v) is 3.50. The summed E-state index contributed by atoms with van der Waals surface area (Å²) in [4.78, 5) is 38.6. The molecule has 0 N–H and O–H groups in total. The summed E-state index contributed by atoms with van der Waals surface area (Å²) in [7, 11) is 0. The van der Waals surface area contributed by atoms with Crippen molar-refractivity contribution in [3.8, 4) is 0 Å². The van der Waals surface area contributed by atoms with Gasteiger partial charge in [0.1, 0.15) is 0 Å². The van der Waals surface area contributed by atoms with E-state index in [0.29, 0.717) is 12.8 Å². The van der Waals surface area contributed by atoms with Gasteiger partial charge in [-0.1, -0.05) is 74.5 Å². The Morgan fingerprint density at radius 2 is 0.794 bits per heavy atom. The predicted octanol–water partition coefficient (Wildman–Crippen LogP) is -0.974. The van der Waals surface area contributed by atoms with Gasteiger partial charge in [0.2, 0.25) is 0 Å². The van der Waals surface area contributed by atoms with Crippen LogP contribution in [0.25, 0.3) is 0 Å². The number of rotatable bonds is 8. The van der Waals surface area contributed by atoms with Crippen molar-refractivity contribution in [1.29, 1.82) is 0 Å². The second-order valence-electron chi connectivity index (χ2n) is 6.17. The molecular weight excluding hydrogens is 729 g/mol. The molecule has 176 valence electrons. The molecule has 2 aromatic rings. The molecule has 0 radical (unpaired) electrons. The Bertz CT molecular complexity index is 719. The summed E-state index contributed by atoms with van der Waals surface area (Å²) in [5.74, 6) is -3.97. The van der Waals surface area contributed by atoms with Gasteiger partial charge in [0.25, 0.3) is 0 Å². The Morgan fingerprint density at radius 1 is 0.559 bits per heavy atom. The third-order valence-electron chi connectivity index (χ3n) is 3.50. The van der Waals surface area contributed by atoms with E-state index in [1.807, 2.05) is 60.7 Å². The maximum absolute atomic E-state index is 10.1. The molecule has 0 aliphatic carbocycles. The fourth-order valence-corrected chi connectivity index (χ4v) is 1.78. The van der Waals surface area contributed by atoms with Gasteiger partial charge >= 0.3 is 55.0 Å². The number of hydrogen-bond donors (Lipinski definition) is 0. The van der Waals surface area contributed by atoms with Crippen molar-refractivity contribution in [2.75, 3.05) is 0 Å². The smallest absolute Gasteiger partial charge is 0.550 e. The van der Waals surface area contributed by atoms with E-state index in [-0.39, 0.29) is 80.7 Å². The van der Waals surface area contributed by atoms with Gasteiger partial charge < -0.3 is 39.6 Å². The number of carbonyl (C=O) groups excluding carboxylic acids is 4. The monoisotopic (exact) mass is 760 g/mol. The van der Waals surface area contributed by atoms with E-state index >= 15 is 0 Å². The Kier molecular flexibility index (Phi) is 31.8. The molecule has 0 saturated heterocycles. The van der Waals surface area contributed by atoms with Crippen LogP contribution in [0, 0.1) is 0 Å². The average Bonchev–Trinajstić information content (AvgIpc) is 2.79. The molecule has 34 heavy (non-hydrogen) atoms. The van der Waals surface area contributed by atoms with Crippen LogP contribution in [0.3, 0.4) is 0 Å². The van der Waals surface area contributed by atoms with Crippen molar-refractivity contribution < 1.29 is 94.6 Å². The number of carbonyl (C=O) groups is 4. The number of carboxylic acids is 4. The van der Waals surface area contributed by atoms with E-state index in [2.05, 4.69) is 0 Å². The van der Waals surface area contributed by atoms with Crippen LogP contribution in [0.5, 0.6) is 0 Å². The van der Waals surface area contributed by atoms with Gasteiger partial charge in [0, 0.05) is 23.9 Å². The van der Waals surface area contributed by atoms with E-state index in [4.69, 9.17) is 0 Å². The van der Waals surface area contributed by atoms with Crippen LogP contribution in [0.4, 0.5) is 0 Å². The zero-order valence-electron chi connectivity index (χ0n) is 19.7. The summed E-state index contributed by atoms with van der Waals surface area (Å²) < 4.78 is 0. The summed E-state index contributed by atoms with van der Waals surface area (Å²) >= 11 is 0.